The third-order valence-corrected chi connectivity index (χ3v) is 5.72. The lowest BCUT2D eigenvalue weighted by Crippen LogP contribution is -3.14. The van der Waals surface area contributed by atoms with E-state index in [0.29, 0.717) is 28.7 Å². The van der Waals surface area contributed by atoms with Crippen molar-refractivity contribution in [3.63, 3.8) is 0 Å². The van der Waals surface area contributed by atoms with Gasteiger partial charge < -0.3 is 19.9 Å². The smallest absolute Gasteiger partial charge is 0.266 e. The second-order valence-electron chi connectivity index (χ2n) is 7.53. The first-order valence-corrected chi connectivity index (χ1v) is 10.7. The van der Waals surface area contributed by atoms with Crippen LogP contribution in [0.15, 0.2) is 47.3 Å². The molecule has 1 saturated heterocycles. The lowest BCUT2D eigenvalue weighted by molar-refractivity contribution is -0.908. The van der Waals surface area contributed by atoms with Crippen molar-refractivity contribution in [1.82, 2.24) is 14.9 Å². The van der Waals surface area contributed by atoms with Crippen LogP contribution >= 0.6 is 12.2 Å². The van der Waals surface area contributed by atoms with Gasteiger partial charge in [0.05, 0.1) is 36.3 Å². The number of amides is 1. The molecule has 0 atom stereocenters. The van der Waals surface area contributed by atoms with Gasteiger partial charge in [-0.1, -0.05) is 0 Å². The van der Waals surface area contributed by atoms with Gasteiger partial charge in [-0.25, -0.2) is 4.39 Å². The molecule has 0 aliphatic carbocycles. The lowest BCUT2D eigenvalue weighted by atomic mass is 10.1. The Kier molecular flexibility index (Phi) is 6.55. The van der Waals surface area contributed by atoms with Gasteiger partial charge in [-0.05, 0) is 54.7 Å². The predicted molar refractivity (Wildman–Crippen MR) is 118 cm³/mol. The van der Waals surface area contributed by atoms with Gasteiger partial charge in [0.25, 0.3) is 11.5 Å². The fourth-order valence-corrected chi connectivity index (χ4v) is 4.03. The van der Waals surface area contributed by atoms with Crippen molar-refractivity contribution >= 4 is 29.0 Å². The molecule has 0 radical (unpaired) electrons. The molecule has 0 saturated carbocycles. The van der Waals surface area contributed by atoms with Crippen LogP contribution in [0.1, 0.15) is 16.8 Å². The van der Waals surface area contributed by atoms with Crippen molar-refractivity contribution in [2.24, 2.45) is 0 Å². The number of hydrogen-bond donors (Lipinski definition) is 3. The first-order valence-electron chi connectivity index (χ1n) is 10.3. The minimum Gasteiger partial charge on any atom is -0.370 e. The summed E-state index contributed by atoms with van der Waals surface area (Å²) in [6.45, 7) is 5.19. The molecular weight excluding hydrogens is 419 g/mol. The SMILES string of the molecule is O=C(NCCC[NH+]1CCOCC1)c1ccc2c(=O)n(-c3ccc(F)cc3)c(=S)[nH]c2c1. The Morgan fingerprint density at radius 2 is 1.94 bits per heavy atom. The maximum atomic E-state index is 13.2. The van der Waals surface area contributed by atoms with Crippen LogP contribution in [0.2, 0.25) is 0 Å². The summed E-state index contributed by atoms with van der Waals surface area (Å²) in [5.41, 5.74) is 1.08. The Hall–Kier alpha value is -2.88. The van der Waals surface area contributed by atoms with Gasteiger partial charge in [-0.2, -0.15) is 0 Å². The topological polar surface area (TPSA) is 80.6 Å². The highest BCUT2D eigenvalue weighted by Gasteiger charge is 2.14. The highest BCUT2D eigenvalue weighted by molar-refractivity contribution is 7.71. The second-order valence-corrected chi connectivity index (χ2v) is 7.92. The summed E-state index contributed by atoms with van der Waals surface area (Å²) in [5, 5.41) is 3.33. The number of carbonyl (C=O) groups is 1. The van der Waals surface area contributed by atoms with E-state index in [1.807, 2.05) is 0 Å². The number of aromatic nitrogens is 2. The molecule has 4 rings (SSSR count). The number of carbonyl (C=O) groups excluding carboxylic acids is 1. The van der Waals surface area contributed by atoms with E-state index in [1.54, 1.807) is 18.2 Å². The van der Waals surface area contributed by atoms with Crippen LogP contribution in [-0.4, -0.2) is 54.9 Å². The van der Waals surface area contributed by atoms with Gasteiger partial charge in [0.2, 0.25) is 0 Å². The number of nitrogens with one attached hydrogen (secondary N) is 3. The molecule has 2 aromatic carbocycles. The van der Waals surface area contributed by atoms with Crippen molar-refractivity contribution in [3.8, 4) is 5.69 Å². The van der Waals surface area contributed by atoms with Crippen molar-refractivity contribution in [2.45, 2.75) is 6.42 Å². The Balaban J connectivity index is 1.48. The molecule has 0 unspecified atom stereocenters. The number of H-pyrrole nitrogens is 1. The first-order chi connectivity index (χ1) is 15.0. The van der Waals surface area contributed by atoms with Crippen LogP contribution in [0.5, 0.6) is 0 Å². The number of aromatic amines is 1. The summed E-state index contributed by atoms with van der Waals surface area (Å²) in [5.74, 6) is -0.588. The number of halogens is 1. The quantitative estimate of drug-likeness (QED) is 0.395. The number of rotatable bonds is 6. The van der Waals surface area contributed by atoms with Crippen molar-refractivity contribution in [2.75, 3.05) is 39.4 Å². The van der Waals surface area contributed by atoms with Gasteiger partial charge in [-0.3, -0.25) is 14.2 Å². The van der Waals surface area contributed by atoms with E-state index in [1.165, 1.54) is 33.7 Å². The molecule has 1 aromatic heterocycles. The fraction of sp³-hybridized carbons (Fsp3) is 0.318. The highest BCUT2D eigenvalue weighted by Crippen LogP contribution is 2.14. The molecule has 1 amide bonds. The largest absolute Gasteiger partial charge is 0.370 e. The second kappa shape index (κ2) is 9.51. The fourth-order valence-electron chi connectivity index (χ4n) is 3.74. The van der Waals surface area contributed by atoms with Gasteiger partial charge in [-0.15, -0.1) is 0 Å². The van der Waals surface area contributed by atoms with E-state index in [9.17, 15) is 14.0 Å². The molecule has 2 heterocycles. The number of quaternary nitrogens is 1. The van der Waals surface area contributed by atoms with Gasteiger partial charge in [0.15, 0.2) is 4.77 Å². The zero-order chi connectivity index (χ0) is 21.8. The lowest BCUT2D eigenvalue weighted by Gasteiger charge is -2.23. The van der Waals surface area contributed by atoms with Crippen LogP contribution in [-0.2, 0) is 4.74 Å². The van der Waals surface area contributed by atoms with Crippen molar-refractivity contribution < 1.29 is 18.8 Å². The third kappa shape index (κ3) is 4.90. The van der Waals surface area contributed by atoms with E-state index in [2.05, 4.69) is 10.3 Å². The number of fused-ring (bicyclic) bond motifs is 1. The average molecular weight is 444 g/mol. The van der Waals surface area contributed by atoms with Crippen LogP contribution < -0.4 is 15.8 Å². The van der Waals surface area contributed by atoms with Crippen LogP contribution in [0.4, 0.5) is 4.39 Å². The highest BCUT2D eigenvalue weighted by atomic mass is 32.1. The van der Waals surface area contributed by atoms with Crippen LogP contribution in [0, 0.1) is 10.6 Å². The number of benzene rings is 2. The van der Waals surface area contributed by atoms with Gasteiger partial charge >= 0.3 is 0 Å². The van der Waals surface area contributed by atoms with Gasteiger partial charge in [0, 0.05) is 18.5 Å². The van der Waals surface area contributed by atoms with Crippen molar-refractivity contribution in [1.29, 1.82) is 0 Å². The minimum absolute atomic E-state index is 0.176. The van der Waals surface area contributed by atoms with E-state index >= 15 is 0 Å². The number of nitrogens with zero attached hydrogens (tertiary/aromatic N) is 1. The Bertz CT molecular complexity index is 1200. The summed E-state index contributed by atoms with van der Waals surface area (Å²) in [7, 11) is 0. The summed E-state index contributed by atoms with van der Waals surface area (Å²) in [6.07, 6.45) is 0.888. The molecule has 3 N–H and O–H groups in total. The third-order valence-electron chi connectivity index (χ3n) is 5.44. The molecule has 0 spiro atoms. The van der Waals surface area contributed by atoms with E-state index in [-0.39, 0.29) is 16.2 Å². The van der Waals surface area contributed by atoms with E-state index in [0.717, 1.165) is 39.3 Å². The van der Waals surface area contributed by atoms with Crippen LogP contribution in [0.3, 0.4) is 0 Å². The van der Waals surface area contributed by atoms with Gasteiger partial charge in [0.1, 0.15) is 18.9 Å². The molecule has 1 aliphatic rings. The Morgan fingerprint density at radius 1 is 1.19 bits per heavy atom. The summed E-state index contributed by atoms with van der Waals surface area (Å²) in [6, 6.07) is 10.4. The molecule has 0 bridgehead atoms. The summed E-state index contributed by atoms with van der Waals surface area (Å²) < 4.78 is 20.1. The maximum absolute atomic E-state index is 13.2. The Morgan fingerprint density at radius 3 is 2.68 bits per heavy atom. The zero-order valence-corrected chi connectivity index (χ0v) is 17.8. The summed E-state index contributed by atoms with van der Waals surface area (Å²) in [4.78, 5) is 30.0. The predicted octanol–water partition coefficient (Wildman–Crippen LogP) is 1.22. The molecule has 162 valence electrons. The van der Waals surface area contributed by atoms with E-state index < -0.39 is 5.82 Å². The number of morpholine rings is 1. The molecule has 9 heteroatoms. The standard InChI is InChI=1S/C22H23FN4O3S/c23-16-3-5-17(6-4-16)27-21(29)18-7-2-15(14-19(18)25-22(27)31)20(28)24-8-1-9-26-10-12-30-13-11-26/h2-7,14H,1,8-13H2,(H,24,28)(H,25,31)/p+1. The normalized spacial score (nSPS) is 14.6. The molecule has 1 aliphatic heterocycles. The molecule has 1 fully saturated rings. The van der Waals surface area contributed by atoms with E-state index in [4.69, 9.17) is 17.0 Å². The molecular formula is C22H24FN4O3S+. The van der Waals surface area contributed by atoms with Crippen molar-refractivity contribution in [3.05, 3.63) is 69.0 Å². The first kappa shape index (κ1) is 21.4. The van der Waals surface area contributed by atoms with Crippen LogP contribution in [0.25, 0.3) is 16.6 Å². The zero-order valence-electron chi connectivity index (χ0n) is 16.9. The Labute approximate surface area is 183 Å². The maximum Gasteiger partial charge on any atom is 0.266 e. The number of ether oxygens (including phenoxy) is 1. The molecule has 7 nitrogen and oxygen atoms in total. The number of hydrogen-bond acceptors (Lipinski definition) is 4. The average Bonchev–Trinajstić information content (AvgIpc) is 2.78. The molecule has 31 heavy (non-hydrogen) atoms. The summed E-state index contributed by atoms with van der Waals surface area (Å²) >= 11 is 5.34. The minimum atomic E-state index is -0.394. The molecule has 3 aromatic rings. The monoisotopic (exact) mass is 443 g/mol.